The number of urea groups is 1. The minimum Gasteiger partial charge on any atom is -0.386 e. The highest BCUT2D eigenvalue weighted by molar-refractivity contribution is 7.80. The van der Waals surface area contributed by atoms with Crippen molar-refractivity contribution in [1.82, 2.24) is 14.9 Å². The van der Waals surface area contributed by atoms with E-state index in [-0.39, 0.29) is 12.5 Å². The van der Waals surface area contributed by atoms with Crippen molar-refractivity contribution in [2.45, 2.75) is 44.7 Å². The lowest BCUT2D eigenvalue weighted by Gasteiger charge is -2.29. The van der Waals surface area contributed by atoms with Crippen molar-refractivity contribution in [3.63, 3.8) is 0 Å². The molecule has 3 rings (SSSR count). The third-order valence-electron chi connectivity index (χ3n) is 5.40. The van der Waals surface area contributed by atoms with Crippen LogP contribution in [0.1, 0.15) is 32.6 Å². The molecule has 12 heteroatoms. The van der Waals surface area contributed by atoms with Crippen LogP contribution in [0.5, 0.6) is 0 Å². The van der Waals surface area contributed by atoms with Gasteiger partial charge in [0.15, 0.2) is 0 Å². The Hall–Kier alpha value is -1.92. The maximum atomic E-state index is 12.4. The molecule has 3 aliphatic heterocycles. The number of amidine groups is 1. The summed E-state index contributed by atoms with van der Waals surface area (Å²) in [5.74, 6) is 0.812. The van der Waals surface area contributed by atoms with Gasteiger partial charge in [0.25, 0.3) is 0 Å². The van der Waals surface area contributed by atoms with Crippen LogP contribution in [0.3, 0.4) is 0 Å². The van der Waals surface area contributed by atoms with Crippen LogP contribution in [0, 0.1) is 5.92 Å². The van der Waals surface area contributed by atoms with Gasteiger partial charge in [-0.2, -0.15) is 13.5 Å². The predicted octanol–water partition coefficient (Wildman–Crippen LogP) is -0.395. The molecule has 3 fully saturated rings. The quantitative estimate of drug-likeness (QED) is 0.349. The lowest BCUT2D eigenvalue weighted by molar-refractivity contribution is -0.127. The van der Waals surface area contributed by atoms with Gasteiger partial charge in [0, 0.05) is 33.1 Å². The Morgan fingerprint density at radius 1 is 1.33 bits per heavy atom. The maximum Gasteiger partial charge on any atom is 0.418 e. The highest BCUT2D eigenvalue weighted by Gasteiger charge is 2.48. The molecule has 0 aliphatic carbocycles. The third kappa shape index (κ3) is 4.50. The molecule has 3 N–H and O–H groups in total. The second-order valence-corrected chi connectivity index (χ2v) is 8.23. The Bertz CT molecular complexity index is 741. The summed E-state index contributed by atoms with van der Waals surface area (Å²) in [5, 5.41) is 0.692. The zero-order valence-corrected chi connectivity index (χ0v) is 16.0. The number of hydroxylamine groups is 2. The second-order valence-electron chi connectivity index (χ2n) is 7.22. The van der Waals surface area contributed by atoms with Gasteiger partial charge in [-0.3, -0.25) is 14.3 Å². The van der Waals surface area contributed by atoms with Crippen molar-refractivity contribution in [1.29, 1.82) is 0 Å². The van der Waals surface area contributed by atoms with Crippen LogP contribution in [0.15, 0.2) is 4.99 Å². The van der Waals surface area contributed by atoms with Crippen LogP contribution in [-0.2, 0) is 19.5 Å². The van der Waals surface area contributed by atoms with Crippen LogP contribution >= 0.6 is 0 Å². The van der Waals surface area contributed by atoms with Crippen molar-refractivity contribution in [2.75, 3.05) is 26.2 Å². The van der Waals surface area contributed by atoms with E-state index in [0.29, 0.717) is 36.2 Å². The molecule has 0 aromatic heterocycles. The molecule has 3 amide bonds. The SMILES string of the molecule is CC(=O)N1CCC(CCN=C(N)[C@@H]2CC[C@@H]3CN2C(=O)N3OS(=O)(=O)O)C1. The highest BCUT2D eigenvalue weighted by atomic mass is 32.3. The number of carbonyl (C=O) groups excluding carboxylic acids is 2. The molecule has 11 nitrogen and oxygen atoms in total. The number of likely N-dealkylation sites (tertiary alicyclic amines) is 1. The molecule has 2 bridgehead atoms. The Balaban J connectivity index is 1.55. The molecule has 0 radical (unpaired) electrons. The van der Waals surface area contributed by atoms with Crippen LogP contribution in [0.4, 0.5) is 4.79 Å². The number of rotatable bonds is 6. The number of hydrogen-bond donors (Lipinski definition) is 2. The second kappa shape index (κ2) is 7.60. The summed E-state index contributed by atoms with van der Waals surface area (Å²) in [5.41, 5.74) is 6.09. The summed E-state index contributed by atoms with van der Waals surface area (Å²) in [6.45, 7) is 3.86. The van der Waals surface area contributed by atoms with Gasteiger partial charge in [-0.25, -0.2) is 4.79 Å². The first-order chi connectivity index (χ1) is 12.7. The fourth-order valence-electron chi connectivity index (χ4n) is 3.97. The molecule has 3 saturated heterocycles. The van der Waals surface area contributed by atoms with Crippen molar-refractivity contribution in [3.8, 4) is 0 Å². The number of amides is 3. The number of nitrogens with two attached hydrogens (primary N) is 1. The molecule has 152 valence electrons. The van der Waals surface area contributed by atoms with Crippen LogP contribution in [0.2, 0.25) is 0 Å². The van der Waals surface area contributed by atoms with E-state index in [0.717, 1.165) is 25.9 Å². The predicted molar refractivity (Wildman–Crippen MR) is 94.9 cm³/mol. The summed E-state index contributed by atoms with van der Waals surface area (Å²) in [6.07, 6.45) is 2.80. The van der Waals surface area contributed by atoms with Gasteiger partial charge < -0.3 is 15.5 Å². The molecule has 0 aromatic rings. The first-order valence-corrected chi connectivity index (χ1v) is 10.3. The molecular weight excluding hydrogens is 378 g/mol. The maximum absolute atomic E-state index is 12.4. The van der Waals surface area contributed by atoms with E-state index in [4.69, 9.17) is 10.3 Å². The Morgan fingerprint density at radius 3 is 2.70 bits per heavy atom. The Morgan fingerprint density at radius 2 is 2.07 bits per heavy atom. The van der Waals surface area contributed by atoms with Gasteiger partial charge in [0.1, 0.15) is 5.84 Å². The minimum atomic E-state index is -4.76. The molecule has 0 aromatic carbocycles. The average Bonchev–Trinajstić information content (AvgIpc) is 3.14. The van der Waals surface area contributed by atoms with Crippen molar-refractivity contribution in [2.24, 2.45) is 16.6 Å². The van der Waals surface area contributed by atoms with E-state index in [1.54, 1.807) is 6.92 Å². The number of aliphatic imine (C=N–C) groups is 1. The summed E-state index contributed by atoms with van der Waals surface area (Å²) < 4.78 is 35.1. The van der Waals surface area contributed by atoms with E-state index in [1.807, 2.05) is 4.90 Å². The van der Waals surface area contributed by atoms with Gasteiger partial charge in [0.05, 0.1) is 12.1 Å². The lowest BCUT2D eigenvalue weighted by Crippen LogP contribution is -2.48. The van der Waals surface area contributed by atoms with Gasteiger partial charge in [-0.05, 0) is 31.6 Å². The molecule has 0 spiro atoms. The Kier molecular flexibility index (Phi) is 5.58. The first-order valence-electron chi connectivity index (χ1n) is 8.98. The van der Waals surface area contributed by atoms with Crippen molar-refractivity contribution < 1.29 is 26.8 Å². The number of hydrogen-bond acceptors (Lipinski definition) is 6. The number of nitrogens with zero attached hydrogens (tertiary/aromatic N) is 4. The van der Waals surface area contributed by atoms with Crippen molar-refractivity contribution >= 4 is 28.2 Å². The van der Waals surface area contributed by atoms with Gasteiger partial charge >= 0.3 is 16.4 Å². The monoisotopic (exact) mass is 403 g/mol. The summed E-state index contributed by atoms with van der Waals surface area (Å²) in [4.78, 5) is 31.4. The van der Waals surface area contributed by atoms with E-state index < -0.39 is 28.5 Å². The molecule has 0 saturated carbocycles. The number of fused-ring (bicyclic) bond motifs is 2. The van der Waals surface area contributed by atoms with E-state index >= 15 is 0 Å². The average molecular weight is 403 g/mol. The van der Waals surface area contributed by atoms with Gasteiger partial charge in [-0.1, -0.05) is 0 Å². The van der Waals surface area contributed by atoms with Crippen molar-refractivity contribution in [3.05, 3.63) is 0 Å². The zero-order valence-electron chi connectivity index (χ0n) is 15.2. The van der Waals surface area contributed by atoms with E-state index in [9.17, 15) is 18.0 Å². The lowest BCUT2D eigenvalue weighted by atomic mass is 10.00. The van der Waals surface area contributed by atoms with Gasteiger partial charge in [-0.15, -0.1) is 4.28 Å². The normalized spacial score (nSPS) is 29.0. The summed E-state index contributed by atoms with van der Waals surface area (Å²) in [7, 11) is -4.76. The number of piperidine rings is 1. The van der Waals surface area contributed by atoms with E-state index in [1.165, 1.54) is 4.90 Å². The molecule has 3 atom stereocenters. The molecule has 3 heterocycles. The topological polar surface area (TPSA) is 146 Å². The molecule has 27 heavy (non-hydrogen) atoms. The van der Waals surface area contributed by atoms with Crippen LogP contribution in [-0.4, -0.2) is 83.9 Å². The summed E-state index contributed by atoms with van der Waals surface area (Å²) >= 11 is 0. The fourth-order valence-corrected chi connectivity index (χ4v) is 4.36. The molecule has 3 aliphatic rings. The molecule has 1 unspecified atom stereocenters. The van der Waals surface area contributed by atoms with Crippen LogP contribution < -0.4 is 5.73 Å². The smallest absolute Gasteiger partial charge is 0.386 e. The highest BCUT2D eigenvalue weighted by Crippen LogP contribution is 2.30. The van der Waals surface area contributed by atoms with Gasteiger partial charge in [0.2, 0.25) is 5.91 Å². The third-order valence-corrected chi connectivity index (χ3v) is 5.75. The standard InChI is InChI=1S/C15H25N5O6S/c1-10(21)18-7-5-11(8-18)4-6-17-14(16)13-3-2-12-9-19(13)15(22)20(12)26-27(23,24)25/h11-13H,2-9H2,1H3,(H2,16,17)(H,23,24,25)/t11?,12-,13+/m1/s1. The van der Waals surface area contributed by atoms with Crippen LogP contribution in [0.25, 0.3) is 0 Å². The number of carbonyl (C=O) groups is 2. The fraction of sp³-hybridized carbons (Fsp3) is 0.800. The molecular formula is C15H25N5O6S. The van der Waals surface area contributed by atoms with E-state index in [2.05, 4.69) is 9.28 Å². The summed E-state index contributed by atoms with van der Waals surface area (Å²) in [6, 6.07) is -1.51. The first kappa shape index (κ1) is 19.8. The Labute approximate surface area is 158 Å². The minimum absolute atomic E-state index is 0.0847. The largest absolute Gasteiger partial charge is 0.418 e. The zero-order chi connectivity index (χ0) is 19.8.